The fraction of sp³-hybridized carbons (Fsp3) is 0.846. The minimum absolute atomic E-state index is 0.182. The topological polar surface area (TPSA) is 60.9 Å². The Balaban J connectivity index is 2.79. The van der Waals surface area contributed by atoms with Crippen molar-refractivity contribution < 1.29 is 14.7 Å². The molecule has 18 heavy (non-hydrogen) atoms. The molecule has 2 amide bonds. The van der Waals surface area contributed by atoms with Crippen LogP contribution in [0.2, 0.25) is 0 Å². The molecule has 0 saturated heterocycles. The smallest absolute Gasteiger partial charge is 0.329 e. The molecule has 0 radical (unpaired) electrons. The van der Waals surface area contributed by atoms with Crippen LogP contribution >= 0.6 is 0 Å². The summed E-state index contributed by atoms with van der Waals surface area (Å²) >= 11 is 0. The molecule has 5 heteroatoms. The lowest BCUT2D eigenvalue weighted by atomic mass is 10.0. The summed E-state index contributed by atoms with van der Waals surface area (Å²) in [5.74, 6) is -0.602. The van der Waals surface area contributed by atoms with Gasteiger partial charge in [-0.25, -0.2) is 9.59 Å². The fourth-order valence-corrected chi connectivity index (χ4v) is 1.74. The lowest BCUT2D eigenvalue weighted by Gasteiger charge is -2.36. The highest BCUT2D eigenvalue weighted by atomic mass is 16.4. The molecule has 0 aromatic heterocycles. The number of carboxylic acid groups (broad SMARTS) is 1. The predicted octanol–water partition coefficient (Wildman–Crippen LogP) is 2.02. The van der Waals surface area contributed by atoms with Crippen LogP contribution in [0, 0.1) is 5.92 Å². The molecule has 0 spiro atoms. The first-order valence-corrected chi connectivity index (χ1v) is 6.45. The molecule has 1 N–H and O–H groups in total. The molecule has 104 valence electrons. The van der Waals surface area contributed by atoms with Gasteiger partial charge in [0.05, 0.1) is 0 Å². The van der Waals surface area contributed by atoms with Crippen LogP contribution in [0.15, 0.2) is 0 Å². The van der Waals surface area contributed by atoms with Crippen LogP contribution in [0.5, 0.6) is 0 Å². The van der Waals surface area contributed by atoms with E-state index in [-0.39, 0.29) is 6.03 Å². The number of carbonyl (C=O) groups is 2. The van der Waals surface area contributed by atoms with E-state index in [0.29, 0.717) is 18.5 Å². The van der Waals surface area contributed by atoms with E-state index in [2.05, 4.69) is 13.8 Å². The van der Waals surface area contributed by atoms with Gasteiger partial charge in [-0.3, -0.25) is 0 Å². The van der Waals surface area contributed by atoms with Crippen molar-refractivity contribution in [1.82, 2.24) is 9.80 Å². The molecule has 0 heterocycles. The van der Waals surface area contributed by atoms with E-state index in [1.807, 2.05) is 4.90 Å². The number of carbonyl (C=O) groups excluding carboxylic acids is 1. The summed E-state index contributed by atoms with van der Waals surface area (Å²) < 4.78 is 0. The first-order chi connectivity index (χ1) is 8.17. The average Bonchev–Trinajstić information content (AvgIpc) is 3.07. The number of hydrogen-bond donors (Lipinski definition) is 1. The van der Waals surface area contributed by atoms with E-state index < -0.39 is 11.5 Å². The van der Waals surface area contributed by atoms with E-state index in [4.69, 9.17) is 5.11 Å². The highest BCUT2D eigenvalue weighted by Gasteiger charge is 2.41. The molecule has 0 aromatic rings. The number of likely N-dealkylation sites (N-methyl/N-ethyl adjacent to an activating group) is 1. The summed E-state index contributed by atoms with van der Waals surface area (Å²) in [6.07, 6.45) is 2.06. The fourth-order valence-electron chi connectivity index (χ4n) is 1.74. The second kappa shape index (κ2) is 5.16. The summed E-state index contributed by atoms with van der Waals surface area (Å²) in [6, 6.07) is 0.116. The standard InChI is InChI=1S/C13H24N2O3/c1-9(2)8-15(10-6-7-10)12(18)14(5)13(3,4)11(16)17/h9-10H,6-8H2,1-5H3,(H,16,17). The maximum absolute atomic E-state index is 12.4. The first kappa shape index (κ1) is 14.8. The number of amides is 2. The van der Waals surface area contributed by atoms with Gasteiger partial charge in [0, 0.05) is 19.6 Å². The van der Waals surface area contributed by atoms with Crippen molar-refractivity contribution in [3.63, 3.8) is 0 Å². The molecular formula is C13H24N2O3. The van der Waals surface area contributed by atoms with Gasteiger partial charge >= 0.3 is 12.0 Å². The van der Waals surface area contributed by atoms with Gasteiger partial charge in [-0.05, 0) is 32.6 Å². The second-order valence-electron chi connectivity index (χ2n) is 5.98. The van der Waals surface area contributed by atoms with Gasteiger partial charge in [-0.2, -0.15) is 0 Å². The molecular weight excluding hydrogens is 232 g/mol. The highest BCUT2D eigenvalue weighted by molar-refractivity contribution is 5.85. The summed E-state index contributed by atoms with van der Waals surface area (Å²) in [4.78, 5) is 26.7. The minimum Gasteiger partial charge on any atom is -0.480 e. The van der Waals surface area contributed by atoms with Crippen molar-refractivity contribution in [1.29, 1.82) is 0 Å². The number of rotatable bonds is 5. The Morgan fingerprint density at radius 2 is 1.83 bits per heavy atom. The average molecular weight is 256 g/mol. The Hall–Kier alpha value is -1.26. The molecule has 5 nitrogen and oxygen atoms in total. The molecule has 1 rings (SSSR count). The summed E-state index contributed by atoms with van der Waals surface area (Å²) in [5.41, 5.74) is -1.18. The zero-order valence-corrected chi connectivity index (χ0v) is 11.9. The molecule has 0 bridgehead atoms. The summed E-state index contributed by atoms with van der Waals surface area (Å²) in [7, 11) is 1.56. The minimum atomic E-state index is -1.18. The second-order valence-corrected chi connectivity index (χ2v) is 5.98. The van der Waals surface area contributed by atoms with Crippen molar-refractivity contribution in [2.24, 2.45) is 5.92 Å². The molecule has 0 aromatic carbocycles. The monoisotopic (exact) mass is 256 g/mol. The Bertz CT molecular complexity index is 335. The molecule has 1 fully saturated rings. The number of carboxylic acids is 1. The van der Waals surface area contributed by atoms with Gasteiger partial charge in [0.2, 0.25) is 0 Å². The summed E-state index contributed by atoms with van der Waals surface area (Å²) in [5, 5.41) is 9.17. The van der Waals surface area contributed by atoms with Crippen molar-refractivity contribution in [2.75, 3.05) is 13.6 Å². The number of nitrogens with zero attached hydrogens (tertiary/aromatic N) is 2. The van der Waals surface area contributed by atoms with Crippen LogP contribution in [-0.4, -0.2) is 52.1 Å². The van der Waals surface area contributed by atoms with Crippen LogP contribution in [0.3, 0.4) is 0 Å². The van der Waals surface area contributed by atoms with Crippen molar-refractivity contribution in [3.05, 3.63) is 0 Å². The first-order valence-electron chi connectivity index (χ1n) is 6.45. The molecule has 0 unspecified atom stereocenters. The van der Waals surface area contributed by atoms with E-state index >= 15 is 0 Å². The lowest BCUT2D eigenvalue weighted by molar-refractivity contribution is -0.147. The van der Waals surface area contributed by atoms with E-state index in [1.54, 1.807) is 20.9 Å². The number of urea groups is 1. The quantitative estimate of drug-likeness (QED) is 0.818. The summed E-state index contributed by atoms with van der Waals surface area (Å²) in [6.45, 7) is 7.90. The van der Waals surface area contributed by atoms with Gasteiger partial charge in [-0.15, -0.1) is 0 Å². The molecule has 1 saturated carbocycles. The maximum atomic E-state index is 12.4. The normalized spacial score (nSPS) is 15.7. The van der Waals surface area contributed by atoms with Crippen LogP contribution in [-0.2, 0) is 4.79 Å². The maximum Gasteiger partial charge on any atom is 0.329 e. The van der Waals surface area contributed by atoms with Crippen LogP contribution < -0.4 is 0 Å². The van der Waals surface area contributed by atoms with Crippen LogP contribution in [0.4, 0.5) is 4.79 Å². The Kier molecular flexibility index (Phi) is 4.24. The number of hydrogen-bond acceptors (Lipinski definition) is 2. The van der Waals surface area contributed by atoms with Crippen LogP contribution in [0.25, 0.3) is 0 Å². The SMILES string of the molecule is CC(C)CN(C(=O)N(C)C(C)(C)C(=O)O)C1CC1. The largest absolute Gasteiger partial charge is 0.480 e. The Morgan fingerprint density at radius 3 is 2.17 bits per heavy atom. The zero-order chi connectivity index (χ0) is 14.1. The highest BCUT2D eigenvalue weighted by Crippen LogP contribution is 2.29. The van der Waals surface area contributed by atoms with E-state index in [0.717, 1.165) is 12.8 Å². The third-order valence-corrected chi connectivity index (χ3v) is 3.44. The van der Waals surface area contributed by atoms with Crippen molar-refractivity contribution >= 4 is 12.0 Å². The van der Waals surface area contributed by atoms with Crippen molar-refractivity contribution in [3.8, 4) is 0 Å². The molecule has 0 atom stereocenters. The Labute approximate surface area is 109 Å². The van der Waals surface area contributed by atoms with Gasteiger partial charge in [-0.1, -0.05) is 13.8 Å². The van der Waals surface area contributed by atoms with Gasteiger partial charge in [0.15, 0.2) is 0 Å². The zero-order valence-electron chi connectivity index (χ0n) is 11.9. The Morgan fingerprint density at radius 1 is 1.33 bits per heavy atom. The number of aliphatic carboxylic acids is 1. The lowest BCUT2D eigenvalue weighted by Crippen LogP contribution is -2.56. The van der Waals surface area contributed by atoms with E-state index in [1.165, 1.54) is 4.90 Å². The van der Waals surface area contributed by atoms with Crippen molar-refractivity contribution in [2.45, 2.75) is 52.1 Å². The van der Waals surface area contributed by atoms with E-state index in [9.17, 15) is 9.59 Å². The van der Waals surface area contributed by atoms with Gasteiger partial charge in [0.25, 0.3) is 0 Å². The third kappa shape index (κ3) is 3.15. The molecule has 0 aliphatic heterocycles. The molecule has 1 aliphatic rings. The third-order valence-electron chi connectivity index (χ3n) is 3.44. The molecule has 1 aliphatic carbocycles. The van der Waals surface area contributed by atoms with Gasteiger partial charge < -0.3 is 14.9 Å². The van der Waals surface area contributed by atoms with Crippen LogP contribution in [0.1, 0.15) is 40.5 Å². The van der Waals surface area contributed by atoms with Gasteiger partial charge in [0.1, 0.15) is 5.54 Å². The predicted molar refractivity (Wildman–Crippen MR) is 69.4 cm³/mol.